The number of carboxylic acid groups (broad SMARTS) is 1. The van der Waals surface area contributed by atoms with Gasteiger partial charge in [-0.25, -0.2) is 9.67 Å². The number of ether oxygens (including phenoxy) is 1. The Bertz CT molecular complexity index is 863. The Morgan fingerprint density at radius 3 is 2.69 bits per heavy atom. The van der Waals surface area contributed by atoms with Gasteiger partial charge in [0.25, 0.3) is 0 Å². The quantitative estimate of drug-likeness (QED) is 0.704. The maximum absolute atomic E-state index is 11.9. The van der Waals surface area contributed by atoms with Crippen LogP contribution in [0, 0.1) is 0 Å². The Kier molecular flexibility index (Phi) is 5.28. The first-order chi connectivity index (χ1) is 12.6. The standard InChI is InChI=1S/C19H20N4O3/c1-22(18(19(24)25)14-8-9-17(26-2)20-12-14)13-15-6-3-4-7-16(15)23-11-5-10-21-23/h3-12,18H,13H2,1-2H3,(H,24,25). The van der Waals surface area contributed by atoms with E-state index < -0.39 is 12.0 Å². The van der Waals surface area contributed by atoms with Crippen molar-refractivity contribution in [1.82, 2.24) is 19.7 Å². The number of pyridine rings is 1. The molecule has 2 heterocycles. The van der Waals surface area contributed by atoms with Crippen LogP contribution in [0.15, 0.2) is 61.1 Å². The number of benzene rings is 1. The maximum atomic E-state index is 11.9. The second-order valence-electron chi connectivity index (χ2n) is 5.87. The number of carbonyl (C=O) groups is 1. The van der Waals surface area contributed by atoms with Crippen LogP contribution in [0.5, 0.6) is 5.88 Å². The van der Waals surface area contributed by atoms with Gasteiger partial charge < -0.3 is 9.84 Å². The maximum Gasteiger partial charge on any atom is 0.325 e. The molecule has 0 saturated heterocycles. The molecule has 3 aromatic rings. The summed E-state index contributed by atoms with van der Waals surface area (Å²) in [5.74, 6) is -0.486. The largest absolute Gasteiger partial charge is 0.481 e. The predicted molar refractivity (Wildman–Crippen MR) is 96.2 cm³/mol. The third-order valence-electron chi connectivity index (χ3n) is 4.12. The summed E-state index contributed by atoms with van der Waals surface area (Å²) in [5, 5.41) is 14.0. The normalized spacial score (nSPS) is 12.1. The molecule has 1 atom stereocenters. The van der Waals surface area contributed by atoms with Crippen molar-refractivity contribution in [3.8, 4) is 11.6 Å². The highest BCUT2D eigenvalue weighted by molar-refractivity contribution is 5.75. The molecule has 0 fully saturated rings. The third kappa shape index (κ3) is 3.73. The molecule has 1 unspecified atom stereocenters. The van der Waals surface area contributed by atoms with Crippen LogP contribution < -0.4 is 4.74 Å². The first kappa shape index (κ1) is 17.6. The van der Waals surface area contributed by atoms with Gasteiger partial charge in [0.2, 0.25) is 5.88 Å². The lowest BCUT2D eigenvalue weighted by molar-refractivity contribution is -0.143. The van der Waals surface area contributed by atoms with Crippen molar-refractivity contribution in [3.63, 3.8) is 0 Å². The number of para-hydroxylation sites is 1. The summed E-state index contributed by atoms with van der Waals surface area (Å²) in [6.45, 7) is 0.443. The summed E-state index contributed by atoms with van der Waals surface area (Å²) < 4.78 is 6.81. The Balaban J connectivity index is 1.87. The second kappa shape index (κ2) is 7.79. The smallest absolute Gasteiger partial charge is 0.325 e. The lowest BCUT2D eigenvalue weighted by Gasteiger charge is -2.25. The van der Waals surface area contributed by atoms with Crippen molar-refractivity contribution in [1.29, 1.82) is 0 Å². The number of likely N-dealkylation sites (N-methyl/N-ethyl adjacent to an activating group) is 1. The molecule has 0 aliphatic carbocycles. The van der Waals surface area contributed by atoms with Gasteiger partial charge in [0, 0.05) is 31.2 Å². The van der Waals surface area contributed by atoms with E-state index in [1.165, 1.54) is 13.3 Å². The first-order valence-electron chi connectivity index (χ1n) is 8.11. The van der Waals surface area contributed by atoms with Crippen LogP contribution in [0.2, 0.25) is 0 Å². The summed E-state index contributed by atoms with van der Waals surface area (Å²) in [5.41, 5.74) is 2.49. The lowest BCUT2D eigenvalue weighted by Crippen LogP contribution is -2.31. The molecule has 134 valence electrons. The molecular formula is C19H20N4O3. The van der Waals surface area contributed by atoms with Gasteiger partial charge in [0.15, 0.2) is 0 Å². The number of nitrogens with zero attached hydrogens (tertiary/aromatic N) is 4. The summed E-state index contributed by atoms with van der Waals surface area (Å²) in [6, 6.07) is 12.2. The number of hydrogen-bond donors (Lipinski definition) is 1. The highest BCUT2D eigenvalue weighted by Crippen LogP contribution is 2.24. The van der Waals surface area contributed by atoms with Crippen LogP contribution in [0.3, 0.4) is 0 Å². The number of hydrogen-bond acceptors (Lipinski definition) is 5. The monoisotopic (exact) mass is 352 g/mol. The van der Waals surface area contributed by atoms with E-state index in [4.69, 9.17) is 4.74 Å². The molecule has 0 amide bonds. The van der Waals surface area contributed by atoms with Crippen LogP contribution >= 0.6 is 0 Å². The van der Waals surface area contributed by atoms with Crippen molar-refractivity contribution in [2.24, 2.45) is 0 Å². The number of rotatable bonds is 7. The summed E-state index contributed by atoms with van der Waals surface area (Å²) in [7, 11) is 3.30. The van der Waals surface area contributed by atoms with Gasteiger partial charge in [-0.1, -0.05) is 18.2 Å². The number of methoxy groups -OCH3 is 1. The van der Waals surface area contributed by atoms with E-state index in [1.807, 2.05) is 36.5 Å². The van der Waals surface area contributed by atoms with Crippen LogP contribution in [0.1, 0.15) is 17.2 Å². The SMILES string of the molecule is COc1ccc(C(C(=O)O)N(C)Cc2ccccc2-n2cccn2)cn1. The van der Waals surface area contributed by atoms with E-state index in [-0.39, 0.29) is 0 Å². The van der Waals surface area contributed by atoms with Crippen molar-refractivity contribution < 1.29 is 14.6 Å². The Morgan fingerprint density at radius 1 is 1.27 bits per heavy atom. The molecule has 0 saturated carbocycles. The Hall–Kier alpha value is -3.19. The summed E-state index contributed by atoms with van der Waals surface area (Å²) >= 11 is 0. The summed E-state index contributed by atoms with van der Waals surface area (Å²) in [4.78, 5) is 17.8. The van der Waals surface area contributed by atoms with E-state index in [9.17, 15) is 9.90 Å². The van der Waals surface area contributed by atoms with E-state index in [0.717, 1.165) is 11.3 Å². The van der Waals surface area contributed by atoms with Gasteiger partial charge in [-0.3, -0.25) is 9.69 Å². The van der Waals surface area contributed by atoms with E-state index in [2.05, 4.69) is 10.1 Å². The fraction of sp³-hybridized carbons (Fsp3) is 0.211. The van der Waals surface area contributed by atoms with Gasteiger partial charge in [0.1, 0.15) is 6.04 Å². The van der Waals surface area contributed by atoms with E-state index >= 15 is 0 Å². The van der Waals surface area contributed by atoms with Crippen LogP contribution in [0.4, 0.5) is 0 Å². The zero-order valence-corrected chi connectivity index (χ0v) is 14.6. The zero-order chi connectivity index (χ0) is 18.5. The number of aromatic nitrogens is 3. The molecule has 1 aromatic carbocycles. The molecule has 0 spiro atoms. The molecule has 0 bridgehead atoms. The third-order valence-corrected chi connectivity index (χ3v) is 4.12. The average Bonchev–Trinajstić information content (AvgIpc) is 3.17. The summed E-state index contributed by atoms with van der Waals surface area (Å²) in [6.07, 6.45) is 5.11. The van der Waals surface area contributed by atoms with E-state index in [0.29, 0.717) is 18.0 Å². The van der Waals surface area contributed by atoms with Crippen LogP contribution in [-0.2, 0) is 11.3 Å². The minimum absolute atomic E-state index is 0.443. The molecular weight excluding hydrogens is 332 g/mol. The Labute approximate surface area is 151 Å². The van der Waals surface area contributed by atoms with Gasteiger partial charge in [-0.2, -0.15) is 5.10 Å². The molecule has 3 rings (SSSR count). The van der Waals surface area contributed by atoms with Gasteiger partial charge in [-0.15, -0.1) is 0 Å². The molecule has 0 radical (unpaired) electrons. The highest BCUT2D eigenvalue weighted by Gasteiger charge is 2.26. The van der Waals surface area contributed by atoms with Crippen molar-refractivity contribution >= 4 is 5.97 Å². The van der Waals surface area contributed by atoms with Crippen LogP contribution in [-0.4, -0.2) is 44.9 Å². The number of carboxylic acids is 1. The van der Waals surface area contributed by atoms with E-state index in [1.54, 1.807) is 35.0 Å². The zero-order valence-electron chi connectivity index (χ0n) is 14.6. The number of aliphatic carboxylic acids is 1. The van der Waals surface area contributed by atoms with Gasteiger partial charge in [-0.05, 0) is 36.4 Å². The fourth-order valence-corrected chi connectivity index (χ4v) is 2.90. The molecule has 1 N–H and O–H groups in total. The molecule has 0 aliphatic rings. The van der Waals surface area contributed by atoms with Crippen molar-refractivity contribution in [2.75, 3.05) is 14.2 Å². The van der Waals surface area contributed by atoms with Crippen molar-refractivity contribution in [2.45, 2.75) is 12.6 Å². The van der Waals surface area contributed by atoms with Gasteiger partial charge >= 0.3 is 5.97 Å². The first-order valence-corrected chi connectivity index (χ1v) is 8.11. The molecule has 2 aromatic heterocycles. The molecule has 0 aliphatic heterocycles. The average molecular weight is 352 g/mol. The lowest BCUT2D eigenvalue weighted by atomic mass is 10.1. The van der Waals surface area contributed by atoms with Crippen molar-refractivity contribution in [3.05, 3.63) is 72.2 Å². The molecule has 7 heteroatoms. The fourth-order valence-electron chi connectivity index (χ4n) is 2.90. The van der Waals surface area contributed by atoms with Gasteiger partial charge in [0.05, 0.1) is 12.8 Å². The predicted octanol–water partition coefficient (Wildman–Crippen LogP) is 2.53. The Morgan fingerprint density at radius 2 is 2.08 bits per heavy atom. The topological polar surface area (TPSA) is 80.5 Å². The highest BCUT2D eigenvalue weighted by atomic mass is 16.5. The second-order valence-corrected chi connectivity index (χ2v) is 5.87. The molecule has 26 heavy (non-hydrogen) atoms. The van der Waals surface area contributed by atoms with Crippen LogP contribution in [0.25, 0.3) is 5.69 Å². The minimum atomic E-state index is -0.934. The minimum Gasteiger partial charge on any atom is -0.481 e. The molecule has 7 nitrogen and oxygen atoms in total.